The number of aromatic nitrogens is 3. The third kappa shape index (κ3) is 3.59. The molecule has 5 atom stereocenters. The summed E-state index contributed by atoms with van der Waals surface area (Å²) < 4.78 is 62.9. The van der Waals surface area contributed by atoms with Crippen LogP contribution in [0.15, 0.2) is 30.5 Å². The highest BCUT2D eigenvalue weighted by Gasteiger charge is 2.56. The van der Waals surface area contributed by atoms with Gasteiger partial charge in [-0.25, -0.2) is 4.98 Å². The molecule has 10 heteroatoms. The fourth-order valence-corrected chi connectivity index (χ4v) is 3.57. The van der Waals surface area contributed by atoms with Crippen molar-refractivity contribution in [3.05, 3.63) is 41.9 Å². The van der Waals surface area contributed by atoms with Gasteiger partial charge in [-0.1, -0.05) is 6.07 Å². The summed E-state index contributed by atoms with van der Waals surface area (Å²) in [6.07, 6.45) is -5.78. The van der Waals surface area contributed by atoms with Crippen molar-refractivity contribution in [2.24, 2.45) is 0 Å². The monoisotopic (exact) mass is 399 g/mol. The van der Waals surface area contributed by atoms with E-state index in [1.54, 1.807) is 26.1 Å². The Bertz CT molecular complexity index is 828. The molecule has 7 nitrogen and oxygen atoms in total. The SMILES string of the molecule is C[C@H]1O[C@H](c2ccn[nH]2)[C@H](Oc2cccc(C(F)(F)F)n2)[C@H]2OC(C)(C)OC12. The van der Waals surface area contributed by atoms with Gasteiger partial charge in [-0.05, 0) is 32.9 Å². The summed E-state index contributed by atoms with van der Waals surface area (Å²) in [5.74, 6) is -1.05. The molecule has 0 saturated carbocycles. The van der Waals surface area contributed by atoms with Crippen molar-refractivity contribution in [1.29, 1.82) is 0 Å². The molecule has 2 aromatic rings. The first kappa shape index (κ1) is 19.2. The minimum atomic E-state index is -4.57. The second kappa shape index (κ2) is 6.71. The van der Waals surface area contributed by atoms with E-state index in [4.69, 9.17) is 18.9 Å². The number of fused-ring (bicyclic) bond motifs is 1. The number of ether oxygens (including phenoxy) is 4. The maximum atomic E-state index is 13.0. The third-order valence-electron chi connectivity index (χ3n) is 4.71. The Hall–Kier alpha value is -2.17. The zero-order chi connectivity index (χ0) is 20.1. The van der Waals surface area contributed by atoms with Gasteiger partial charge in [0.25, 0.3) is 0 Å². The Balaban J connectivity index is 1.68. The molecule has 4 heterocycles. The van der Waals surface area contributed by atoms with E-state index >= 15 is 0 Å². The lowest BCUT2D eigenvalue weighted by atomic mass is 9.94. The average molecular weight is 399 g/mol. The molecule has 2 fully saturated rings. The van der Waals surface area contributed by atoms with Crippen LogP contribution in [0.1, 0.15) is 38.3 Å². The van der Waals surface area contributed by atoms with Gasteiger partial charge in [0.15, 0.2) is 11.9 Å². The summed E-state index contributed by atoms with van der Waals surface area (Å²) >= 11 is 0. The van der Waals surface area contributed by atoms with Crippen molar-refractivity contribution in [3.8, 4) is 5.88 Å². The summed E-state index contributed by atoms with van der Waals surface area (Å²) in [4.78, 5) is 3.60. The van der Waals surface area contributed by atoms with Gasteiger partial charge in [-0.3, -0.25) is 5.10 Å². The zero-order valence-corrected chi connectivity index (χ0v) is 15.4. The van der Waals surface area contributed by atoms with E-state index in [-0.39, 0.29) is 12.0 Å². The lowest BCUT2D eigenvalue weighted by Crippen LogP contribution is -2.54. The van der Waals surface area contributed by atoms with Crippen molar-refractivity contribution in [2.45, 2.75) is 63.3 Å². The highest BCUT2D eigenvalue weighted by molar-refractivity contribution is 5.20. The molecule has 1 N–H and O–H groups in total. The normalized spacial score (nSPS) is 32.1. The number of nitrogens with one attached hydrogen (secondary N) is 1. The Kier molecular flexibility index (Phi) is 4.59. The predicted molar refractivity (Wildman–Crippen MR) is 89.4 cm³/mol. The number of aromatic amines is 1. The summed E-state index contributed by atoms with van der Waals surface area (Å²) in [6, 6.07) is 5.22. The maximum Gasteiger partial charge on any atom is 0.433 e. The number of H-pyrrole nitrogens is 1. The first-order valence-electron chi connectivity index (χ1n) is 8.85. The van der Waals surface area contributed by atoms with E-state index in [0.717, 1.165) is 6.07 Å². The Morgan fingerprint density at radius 3 is 2.57 bits per heavy atom. The van der Waals surface area contributed by atoms with Crippen molar-refractivity contribution in [1.82, 2.24) is 15.2 Å². The summed E-state index contributed by atoms with van der Waals surface area (Å²) in [6.45, 7) is 5.39. The fraction of sp³-hybridized carbons (Fsp3) is 0.556. The smallest absolute Gasteiger partial charge is 0.433 e. The molecule has 2 saturated heterocycles. The minimum Gasteiger partial charge on any atom is -0.468 e. The van der Waals surface area contributed by atoms with Gasteiger partial charge in [0.1, 0.15) is 24.0 Å². The van der Waals surface area contributed by atoms with Gasteiger partial charge in [-0.15, -0.1) is 0 Å². The predicted octanol–water partition coefficient (Wildman–Crippen LogP) is 3.25. The van der Waals surface area contributed by atoms with Crippen LogP contribution < -0.4 is 4.74 Å². The van der Waals surface area contributed by atoms with Crippen LogP contribution in [0, 0.1) is 0 Å². The topological polar surface area (TPSA) is 78.5 Å². The number of pyridine rings is 1. The van der Waals surface area contributed by atoms with Gasteiger partial charge in [0.2, 0.25) is 5.88 Å². The summed E-state index contributed by atoms with van der Waals surface area (Å²) in [7, 11) is 0. The summed E-state index contributed by atoms with van der Waals surface area (Å²) in [5, 5.41) is 6.76. The molecular formula is C18H20F3N3O4. The number of hydrogen-bond donors (Lipinski definition) is 1. The molecule has 0 spiro atoms. The highest BCUT2D eigenvalue weighted by atomic mass is 19.4. The minimum absolute atomic E-state index is 0.172. The molecule has 2 aromatic heterocycles. The van der Waals surface area contributed by atoms with Crippen molar-refractivity contribution in [3.63, 3.8) is 0 Å². The number of nitrogens with zero attached hydrogens (tertiary/aromatic N) is 2. The van der Waals surface area contributed by atoms with E-state index in [2.05, 4.69) is 15.2 Å². The van der Waals surface area contributed by atoms with Crippen LogP contribution in [0.2, 0.25) is 0 Å². The quantitative estimate of drug-likeness (QED) is 0.854. The Labute approximate surface area is 159 Å². The van der Waals surface area contributed by atoms with Crippen LogP contribution in [-0.4, -0.2) is 45.4 Å². The molecule has 0 aliphatic carbocycles. The average Bonchev–Trinajstić information content (AvgIpc) is 3.24. The van der Waals surface area contributed by atoms with E-state index in [9.17, 15) is 13.2 Å². The zero-order valence-electron chi connectivity index (χ0n) is 15.4. The van der Waals surface area contributed by atoms with E-state index < -0.39 is 42.1 Å². The van der Waals surface area contributed by atoms with Crippen molar-refractivity contribution >= 4 is 0 Å². The first-order valence-corrected chi connectivity index (χ1v) is 8.85. The van der Waals surface area contributed by atoms with Crippen molar-refractivity contribution < 1.29 is 32.1 Å². The van der Waals surface area contributed by atoms with Crippen molar-refractivity contribution in [2.75, 3.05) is 0 Å². The van der Waals surface area contributed by atoms with Crippen LogP contribution in [0.5, 0.6) is 5.88 Å². The molecule has 0 bridgehead atoms. The van der Waals surface area contributed by atoms with Gasteiger partial charge in [0, 0.05) is 12.3 Å². The maximum absolute atomic E-state index is 13.0. The van der Waals surface area contributed by atoms with E-state index in [0.29, 0.717) is 5.69 Å². The third-order valence-corrected chi connectivity index (χ3v) is 4.71. The van der Waals surface area contributed by atoms with Crippen LogP contribution in [0.3, 0.4) is 0 Å². The lowest BCUT2D eigenvalue weighted by molar-refractivity contribution is -0.178. The van der Waals surface area contributed by atoms with E-state index in [1.165, 1.54) is 12.1 Å². The van der Waals surface area contributed by atoms with Gasteiger partial charge >= 0.3 is 6.18 Å². The standard InChI is InChI=1S/C18H20F3N3O4/c1-9-13-16(28-17(2,3)27-13)15(14(25-9)10-7-8-22-24-10)26-12-6-4-5-11(23-12)18(19,20)21/h4-9,13-16H,1-3H3,(H,22,24)/t9-,13?,14-,15+,16+/m1/s1. The molecule has 0 aromatic carbocycles. The fourth-order valence-electron chi connectivity index (χ4n) is 3.57. The molecule has 2 aliphatic rings. The largest absolute Gasteiger partial charge is 0.468 e. The second-order valence-electron chi connectivity index (χ2n) is 7.28. The number of halogens is 3. The Morgan fingerprint density at radius 1 is 1.14 bits per heavy atom. The number of rotatable bonds is 3. The van der Waals surface area contributed by atoms with Crippen LogP contribution in [-0.2, 0) is 20.4 Å². The van der Waals surface area contributed by atoms with Crippen LogP contribution >= 0.6 is 0 Å². The molecule has 0 amide bonds. The molecule has 28 heavy (non-hydrogen) atoms. The lowest BCUT2D eigenvalue weighted by Gasteiger charge is -2.40. The highest BCUT2D eigenvalue weighted by Crippen LogP contribution is 2.43. The molecule has 4 rings (SSSR count). The van der Waals surface area contributed by atoms with E-state index in [1.807, 2.05) is 6.92 Å². The number of hydrogen-bond acceptors (Lipinski definition) is 6. The van der Waals surface area contributed by atoms with Crippen LogP contribution in [0.4, 0.5) is 13.2 Å². The number of alkyl halides is 3. The molecular weight excluding hydrogens is 379 g/mol. The second-order valence-corrected chi connectivity index (χ2v) is 7.28. The molecule has 152 valence electrons. The summed E-state index contributed by atoms with van der Waals surface area (Å²) in [5.41, 5.74) is -0.413. The molecule has 2 aliphatic heterocycles. The molecule has 0 radical (unpaired) electrons. The van der Waals surface area contributed by atoms with Gasteiger partial charge in [0.05, 0.1) is 11.8 Å². The first-order chi connectivity index (χ1) is 13.1. The van der Waals surface area contributed by atoms with Gasteiger partial charge in [-0.2, -0.15) is 18.3 Å². The van der Waals surface area contributed by atoms with Gasteiger partial charge < -0.3 is 18.9 Å². The van der Waals surface area contributed by atoms with Crippen LogP contribution in [0.25, 0.3) is 0 Å². The molecule has 1 unspecified atom stereocenters. The Morgan fingerprint density at radius 2 is 1.89 bits per heavy atom.